The number of carbonyl (C=O) groups excluding carboxylic acids is 1. The van der Waals surface area contributed by atoms with E-state index >= 15 is 0 Å². The van der Waals surface area contributed by atoms with Gasteiger partial charge in [-0.15, -0.1) is 5.10 Å². The number of anilines is 1. The summed E-state index contributed by atoms with van der Waals surface area (Å²) in [6.45, 7) is 5.43. The Bertz CT molecular complexity index is 613. The van der Waals surface area contributed by atoms with Crippen LogP contribution in [0.25, 0.3) is 5.69 Å². The van der Waals surface area contributed by atoms with Crippen molar-refractivity contribution >= 4 is 11.6 Å². The number of nitrogens with one attached hydrogen (secondary N) is 1. The minimum atomic E-state index is -0.534. The smallest absolute Gasteiger partial charge is 0.226 e. The zero-order valence-electron chi connectivity index (χ0n) is 11.8. The second-order valence-corrected chi connectivity index (χ2v) is 5.40. The second kappa shape index (κ2) is 5.38. The van der Waals surface area contributed by atoms with Crippen molar-refractivity contribution in [3.8, 4) is 5.69 Å². The highest BCUT2D eigenvalue weighted by Crippen LogP contribution is 2.15. The van der Waals surface area contributed by atoms with Crippen molar-refractivity contribution in [2.24, 2.45) is 5.73 Å². The molecular formula is C13H18N6O. The van der Waals surface area contributed by atoms with Crippen molar-refractivity contribution in [3.63, 3.8) is 0 Å². The minimum Gasteiger partial charge on any atom is -0.326 e. The number of aromatic nitrogens is 4. The summed E-state index contributed by atoms with van der Waals surface area (Å²) in [5.41, 5.74) is 6.77. The average Bonchev–Trinajstić information content (AvgIpc) is 2.73. The molecule has 1 aromatic heterocycles. The molecule has 0 fully saturated rings. The first-order chi connectivity index (χ1) is 9.35. The van der Waals surface area contributed by atoms with Gasteiger partial charge in [-0.25, -0.2) is 0 Å². The van der Waals surface area contributed by atoms with E-state index in [0.29, 0.717) is 11.5 Å². The van der Waals surface area contributed by atoms with Crippen LogP contribution in [-0.2, 0) is 4.79 Å². The predicted molar refractivity (Wildman–Crippen MR) is 75.4 cm³/mol. The monoisotopic (exact) mass is 274 g/mol. The lowest BCUT2D eigenvalue weighted by Gasteiger charge is -2.17. The van der Waals surface area contributed by atoms with E-state index in [4.69, 9.17) is 5.73 Å². The molecule has 1 amide bonds. The van der Waals surface area contributed by atoms with Gasteiger partial charge in [0.2, 0.25) is 5.91 Å². The third-order valence-electron chi connectivity index (χ3n) is 2.62. The molecule has 20 heavy (non-hydrogen) atoms. The molecule has 0 saturated carbocycles. The fourth-order valence-corrected chi connectivity index (χ4v) is 1.80. The molecule has 2 aromatic rings. The fraction of sp³-hybridized carbons (Fsp3) is 0.385. The maximum atomic E-state index is 11.9. The molecule has 106 valence electrons. The second-order valence-electron chi connectivity index (χ2n) is 5.40. The van der Waals surface area contributed by atoms with Gasteiger partial charge in [0, 0.05) is 17.6 Å². The van der Waals surface area contributed by atoms with Gasteiger partial charge in [0.15, 0.2) is 5.82 Å². The Labute approximate surface area is 117 Å². The van der Waals surface area contributed by atoms with Crippen LogP contribution < -0.4 is 11.1 Å². The maximum Gasteiger partial charge on any atom is 0.226 e. The van der Waals surface area contributed by atoms with Crippen molar-refractivity contribution in [1.82, 2.24) is 20.2 Å². The molecule has 0 aliphatic heterocycles. The lowest BCUT2D eigenvalue weighted by Crippen LogP contribution is -2.36. The highest BCUT2D eigenvalue weighted by atomic mass is 16.1. The van der Waals surface area contributed by atoms with Crippen molar-refractivity contribution in [3.05, 3.63) is 30.1 Å². The van der Waals surface area contributed by atoms with Gasteiger partial charge in [0.1, 0.15) is 0 Å². The summed E-state index contributed by atoms with van der Waals surface area (Å²) < 4.78 is 1.60. The van der Waals surface area contributed by atoms with Crippen LogP contribution in [0.4, 0.5) is 5.69 Å². The largest absolute Gasteiger partial charge is 0.326 e. The molecule has 0 unspecified atom stereocenters. The molecule has 3 N–H and O–H groups in total. The molecule has 1 heterocycles. The van der Waals surface area contributed by atoms with Gasteiger partial charge in [-0.05, 0) is 49.4 Å². The van der Waals surface area contributed by atoms with Crippen molar-refractivity contribution in [2.45, 2.75) is 32.7 Å². The van der Waals surface area contributed by atoms with Crippen molar-refractivity contribution in [2.75, 3.05) is 5.32 Å². The lowest BCUT2D eigenvalue weighted by atomic mass is 10.0. The van der Waals surface area contributed by atoms with Crippen LogP contribution in [0.1, 0.15) is 26.1 Å². The van der Waals surface area contributed by atoms with Gasteiger partial charge in [0.25, 0.3) is 0 Å². The molecule has 0 radical (unpaired) electrons. The van der Waals surface area contributed by atoms with Crippen LogP contribution in [0.15, 0.2) is 24.3 Å². The van der Waals surface area contributed by atoms with E-state index in [1.54, 1.807) is 4.68 Å². The Morgan fingerprint density at radius 2 is 2.20 bits per heavy atom. The van der Waals surface area contributed by atoms with Crippen LogP contribution in [0, 0.1) is 6.92 Å². The molecule has 2 rings (SSSR count). The number of hydrogen-bond acceptors (Lipinski definition) is 5. The first-order valence-electron chi connectivity index (χ1n) is 6.29. The molecule has 7 heteroatoms. The zero-order valence-corrected chi connectivity index (χ0v) is 11.8. The summed E-state index contributed by atoms with van der Waals surface area (Å²) in [7, 11) is 0. The van der Waals surface area contributed by atoms with Crippen LogP contribution >= 0.6 is 0 Å². The van der Waals surface area contributed by atoms with E-state index in [1.165, 1.54) is 0 Å². The standard InChI is InChI=1S/C13H18N6O/c1-9-16-17-18-19(9)11-6-4-5-10(7-11)15-12(20)8-13(2,3)14/h4-7H,8,14H2,1-3H3,(H,15,20). The predicted octanol–water partition coefficient (Wildman–Crippen LogP) is 1.04. The van der Waals surface area contributed by atoms with E-state index in [1.807, 2.05) is 45.0 Å². The summed E-state index contributed by atoms with van der Waals surface area (Å²) in [4.78, 5) is 11.9. The summed E-state index contributed by atoms with van der Waals surface area (Å²) >= 11 is 0. The normalized spacial score (nSPS) is 11.4. The van der Waals surface area contributed by atoms with Gasteiger partial charge in [-0.3, -0.25) is 4.79 Å². The van der Waals surface area contributed by atoms with Crippen LogP contribution in [0.3, 0.4) is 0 Å². The SMILES string of the molecule is Cc1nnnn1-c1cccc(NC(=O)CC(C)(C)N)c1. The number of hydrogen-bond donors (Lipinski definition) is 2. The summed E-state index contributed by atoms with van der Waals surface area (Å²) in [5.74, 6) is 0.555. The molecule has 0 spiro atoms. The Morgan fingerprint density at radius 3 is 2.80 bits per heavy atom. The highest BCUT2D eigenvalue weighted by molar-refractivity contribution is 5.91. The molecule has 1 aromatic carbocycles. The van der Waals surface area contributed by atoms with Crippen LogP contribution in [0.5, 0.6) is 0 Å². The van der Waals surface area contributed by atoms with Crippen molar-refractivity contribution < 1.29 is 4.79 Å². The number of aryl methyl sites for hydroxylation is 1. The van der Waals surface area contributed by atoms with E-state index in [-0.39, 0.29) is 12.3 Å². The molecule has 0 aliphatic carbocycles. The topological polar surface area (TPSA) is 98.7 Å². The van der Waals surface area contributed by atoms with Gasteiger partial charge in [0.05, 0.1) is 5.69 Å². The van der Waals surface area contributed by atoms with Gasteiger partial charge >= 0.3 is 0 Å². The number of tetrazole rings is 1. The van der Waals surface area contributed by atoms with Crippen LogP contribution in [0.2, 0.25) is 0 Å². The van der Waals surface area contributed by atoms with Crippen LogP contribution in [-0.4, -0.2) is 31.7 Å². The number of nitrogens with two attached hydrogens (primary N) is 1. The highest BCUT2D eigenvalue weighted by Gasteiger charge is 2.16. The molecular weight excluding hydrogens is 256 g/mol. The lowest BCUT2D eigenvalue weighted by molar-refractivity contribution is -0.117. The third-order valence-corrected chi connectivity index (χ3v) is 2.62. The Balaban J connectivity index is 2.15. The quantitative estimate of drug-likeness (QED) is 0.867. The summed E-state index contributed by atoms with van der Waals surface area (Å²) in [6.07, 6.45) is 0.251. The number of rotatable bonds is 4. The number of carbonyl (C=O) groups is 1. The third kappa shape index (κ3) is 3.61. The number of benzene rings is 1. The first kappa shape index (κ1) is 14.1. The molecule has 0 atom stereocenters. The van der Waals surface area contributed by atoms with E-state index in [2.05, 4.69) is 20.8 Å². The minimum absolute atomic E-state index is 0.122. The summed E-state index contributed by atoms with van der Waals surface area (Å²) in [6, 6.07) is 7.32. The van der Waals surface area contributed by atoms with Gasteiger partial charge in [-0.1, -0.05) is 6.07 Å². The fourth-order valence-electron chi connectivity index (χ4n) is 1.80. The van der Waals surface area contributed by atoms with E-state index < -0.39 is 5.54 Å². The van der Waals surface area contributed by atoms with Crippen molar-refractivity contribution in [1.29, 1.82) is 0 Å². The van der Waals surface area contributed by atoms with E-state index in [9.17, 15) is 4.79 Å². The Kier molecular flexibility index (Phi) is 3.80. The van der Waals surface area contributed by atoms with E-state index in [0.717, 1.165) is 5.69 Å². The maximum absolute atomic E-state index is 11.9. The Morgan fingerprint density at radius 1 is 1.45 bits per heavy atom. The molecule has 0 aliphatic rings. The molecule has 0 saturated heterocycles. The first-order valence-corrected chi connectivity index (χ1v) is 6.29. The summed E-state index contributed by atoms with van der Waals surface area (Å²) in [5, 5.41) is 14.1. The van der Waals surface area contributed by atoms with Gasteiger partial charge in [-0.2, -0.15) is 4.68 Å². The molecule has 7 nitrogen and oxygen atoms in total. The van der Waals surface area contributed by atoms with Gasteiger partial charge < -0.3 is 11.1 Å². The number of nitrogens with zero attached hydrogens (tertiary/aromatic N) is 4. The molecule has 0 bridgehead atoms. The Hall–Kier alpha value is -2.28. The number of amides is 1. The zero-order chi connectivity index (χ0) is 14.8. The average molecular weight is 274 g/mol.